The Hall–Kier alpha value is -3.01. The number of nitrogens with zero attached hydrogens (tertiary/aromatic N) is 7. The molecule has 0 spiro atoms. The highest BCUT2D eigenvalue weighted by atomic mass is 32.2. The number of hydrogen-bond donors (Lipinski definition) is 0. The minimum Gasteiger partial charge on any atom is -0.329 e. The fourth-order valence-corrected chi connectivity index (χ4v) is 2.67. The molecule has 0 unspecified atom stereocenters. The van der Waals surface area contributed by atoms with Gasteiger partial charge in [0, 0.05) is 31.1 Å². The SMILES string of the molecule is Cn1ccnc1Sc1ccc(/C=N\n2cnnc2)cc1[N+](=O)[O-]. The molecule has 0 aliphatic heterocycles. The number of aryl methyl sites for hydroxylation is 1. The van der Waals surface area contributed by atoms with Crippen LogP contribution in [0.5, 0.6) is 0 Å². The number of nitro benzene ring substituents is 1. The first-order valence-electron chi connectivity index (χ1n) is 6.46. The Morgan fingerprint density at radius 3 is 2.78 bits per heavy atom. The molecule has 0 amide bonds. The summed E-state index contributed by atoms with van der Waals surface area (Å²) in [5, 5.41) is 23.3. The second kappa shape index (κ2) is 6.40. The molecule has 0 saturated carbocycles. The fourth-order valence-electron chi connectivity index (χ4n) is 1.78. The molecule has 116 valence electrons. The Bertz CT molecular complexity index is 857. The normalized spacial score (nSPS) is 11.2. The van der Waals surface area contributed by atoms with Gasteiger partial charge in [0.25, 0.3) is 5.69 Å². The smallest absolute Gasteiger partial charge is 0.283 e. The van der Waals surface area contributed by atoms with Crippen molar-refractivity contribution in [1.82, 2.24) is 24.4 Å². The lowest BCUT2D eigenvalue weighted by atomic mass is 10.2. The van der Waals surface area contributed by atoms with Crippen molar-refractivity contribution >= 4 is 23.7 Å². The molecule has 23 heavy (non-hydrogen) atoms. The predicted molar refractivity (Wildman–Crippen MR) is 83.4 cm³/mol. The molecule has 0 radical (unpaired) electrons. The summed E-state index contributed by atoms with van der Waals surface area (Å²) in [5.41, 5.74) is 0.611. The van der Waals surface area contributed by atoms with Crippen LogP contribution in [0.3, 0.4) is 0 Å². The third-order valence-corrected chi connectivity index (χ3v) is 4.05. The molecule has 0 aliphatic rings. The Balaban J connectivity index is 1.89. The average Bonchev–Trinajstić information content (AvgIpc) is 3.18. The summed E-state index contributed by atoms with van der Waals surface area (Å²) in [6.45, 7) is 0. The largest absolute Gasteiger partial charge is 0.329 e. The first-order valence-corrected chi connectivity index (χ1v) is 7.28. The lowest BCUT2D eigenvalue weighted by Gasteiger charge is -2.04. The van der Waals surface area contributed by atoms with E-state index in [4.69, 9.17) is 0 Å². The van der Waals surface area contributed by atoms with Crippen molar-refractivity contribution < 1.29 is 4.92 Å². The Kier molecular flexibility index (Phi) is 4.15. The molecule has 1 aromatic carbocycles. The van der Waals surface area contributed by atoms with E-state index in [0.29, 0.717) is 15.6 Å². The van der Waals surface area contributed by atoms with Gasteiger partial charge in [-0.1, -0.05) is 6.07 Å². The van der Waals surface area contributed by atoms with Crippen LogP contribution in [-0.4, -0.2) is 35.6 Å². The highest BCUT2D eigenvalue weighted by Crippen LogP contribution is 2.34. The molecule has 0 bridgehead atoms. The zero-order valence-corrected chi connectivity index (χ0v) is 12.8. The fraction of sp³-hybridized carbons (Fsp3) is 0.0769. The Morgan fingerprint density at radius 2 is 2.13 bits per heavy atom. The van der Waals surface area contributed by atoms with Crippen molar-refractivity contribution in [1.29, 1.82) is 0 Å². The van der Waals surface area contributed by atoms with Crippen LogP contribution in [0.25, 0.3) is 0 Å². The summed E-state index contributed by atoms with van der Waals surface area (Å²) < 4.78 is 3.21. The summed E-state index contributed by atoms with van der Waals surface area (Å²) in [6.07, 6.45) is 7.79. The van der Waals surface area contributed by atoms with E-state index in [-0.39, 0.29) is 5.69 Å². The molecule has 0 saturated heterocycles. The van der Waals surface area contributed by atoms with Gasteiger partial charge in [-0.05, 0) is 17.8 Å². The summed E-state index contributed by atoms with van der Waals surface area (Å²) >= 11 is 1.24. The summed E-state index contributed by atoms with van der Waals surface area (Å²) in [4.78, 5) is 15.6. The van der Waals surface area contributed by atoms with Gasteiger partial charge >= 0.3 is 0 Å². The molecule has 10 heteroatoms. The van der Waals surface area contributed by atoms with E-state index in [1.54, 1.807) is 29.1 Å². The third kappa shape index (κ3) is 3.43. The standard InChI is InChI=1S/C13H11N7O2S/c1-18-5-4-14-13(18)23-12-3-2-10(6-11(12)20(21)22)7-17-19-8-15-16-9-19/h2-9H,1H3/b17-7-. The summed E-state index contributed by atoms with van der Waals surface area (Å²) in [6, 6.07) is 4.91. The maximum atomic E-state index is 11.3. The summed E-state index contributed by atoms with van der Waals surface area (Å²) in [7, 11) is 1.83. The molecule has 3 aromatic rings. The molecule has 0 N–H and O–H groups in total. The number of rotatable bonds is 5. The number of imidazole rings is 1. The minimum atomic E-state index is -0.415. The van der Waals surface area contributed by atoms with Crippen molar-refractivity contribution in [3.05, 3.63) is 58.9 Å². The zero-order chi connectivity index (χ0) is 16.2. The van der Waals surface area contributed by atoms with Crippen molar-refractivity contribution in [3.63, 3.8) is 0 Å². The molecule has 3 rings (SSSR count). The van der Waals surface area contributed by atoms with Gasteiger partial charge in [0.2, 0.25) is 0 Å². The van der Waals surface area contributed by atoms with E-state index < -0.39 is 4.92 Å². The van der Waals surface area contributed by atoms with E-state index in [9.17, 15) is 10.1 Å². The van der Waals surface area contributed by atoms with Crippen LogP contribution in [0.1, 0.15) is 5.56 Å². The molecule has 2 aromatic heterocycles. The van der Waals surface area contributed by atoms with Crippen molar-refractivity contribution in [2.45, 2.75) is 10.1 Å². The molecular formula is C13H11N7O2S. The number of nitro groups is 1. The van der Waals surface area contributed by atoms with Crippen molar-refractivity contribution in [2.75, 3.05) is 0 Å². The highest BCUT2D eigenvalue weighted by molar-refractivity contribution is 7.99. The van der Waals surface area contributed by atoms with E-state index in [2.05, 4.69) is 20.3 Å². The lowest BCUT2D eigenvalue weighted by molar-refractivity contribution is -0.387. The topological polar surface area (TPSA) is 104 Å². The van der Waals surface area contributed by atoms with E-state index in [1.807, 2.05) is 7.05 Å². The van der Waals surface area contributed by atoms with Gasteiger partial charge in [-0.2, -0.15) is 5.10 Å². The predicted octanol–water partition coefficient (Wildman–Crippen LogP) is 1.95. The zero-order valence-electron chi connectivity index (χ0n) is 12.0. The molecule has 0 fully saturated rings. The van der Waals surface area contributed by atoms with Gasteiger partial charge in [0.05, 0.1) is 16.0 Å². The molecule has 2 heterocycles. The highest BCUT2D eigenvalue weighted by Gasteiger charge is 2.17. The Labute approximate surface area is 134 Å². The van der Waals surface area contributed by atoms with Crippen LogP contribution in [0.4, 0.5) is 5.69 Å². The molecule has 9 nitrogen and oxygen atoms in total. The Morgan fingerprint density at radius 1 is 1.35 bits per heavy atom. The second-order valence-electron chi connectivity index (χ2n) is 4.49. The molecule has 0 aliphatic carbocycles. The quantitative estimate of drug-likeness (QED) is 0.402. The minimum absolute atomic E-state index is 0.00528. The number of hydrogen-bond acceptors (Lipinski definition) is 7. The lowest BCUT2D eigenvalue weighted by Crippen LogP contribution is -1.95. The first kappa shape index (κ1) is 14.9. The number of aromatic nitrogens is 5. The van der Waals surface area contributed by atoms with Crippen LogP contribution in [0.2, 0.25) is 0 Å². The van der Waals surface area contributed by atoms with Crippen LogP contribution in [0.15, 0.2) is 58.4 Å². The van der Waals surface area contributed by atoms with Crippen LogP contribution >= 0.6 is 11.8 Å². The van der Waals surface area contributed by atoms with Gasteiger partial charge in [0.1, 0.15) is 12.7 Å². The number of benzene rings is 1. The van der Waals surface area contributed by atoms with Gasteiger partial charge in [-0.25, -0.2) is 9.66 Å². The monoisotopic (exact) mass is 329 g/mol. The van der Waals surface area contributed by atoms with Crippen LogP contribution in [0, 0.1) is 10.1 Å². The van der Waals surface area contributed by atoms with Crippen molar-refractivity contribution in [3.8, 4) is 0 Å². The van der Waals surface area contributed by atoms with Crippen LogP contribution < -0.4 is 0 Å². The first-order chi connectivity index (χ1) is 11.1. The van der Waals surface area contributed by atoms with Gasteiger partial charge in [-0.3, -0.25) is 10.1 Å². The maximum Gasteiger partial charge on any atom is 0.283 e. The van der Waals surface area contributed by atoms with E-state index in [1.165, 1.54) is 41.4 Å². The average molecular weight is 329 g/mol. The van der Waals surface area contributed by atoms with Gasteiger partial charge < -0.3 is 4.57 Å². The molecular weight excluding hydrogens is 318 g/mol. The van der Waals surface area contributed by atoms with Gasteiger partial charge in [0.15, 0.2) is 5.16 Å². The van der Waals surface area contributed by atoms with E-state index >= 15 is 0 Å². The third-order valence-electron chi connectivity index (χ3n) is 2.90. The molecule has 0 atom stereocenters. The van der Waals surface area contributed by atoms with Crippen molar-refractivity contribution in [2.24, 2.45) is 12.1 Å². The van der Waals surface area contributed by atoms with E-state index in [0.717, 1.165) is 0 Å². The second-order valence-corrected chi connectivity index (χ2v) is 5.50. The maximum absolute atomic E-state index is 11.3. The summed E-state index contributed by atoms with van der Waals surface area (Å²) in [5.74, 6) is 0. The van der Waals surface area contributed by atoms with Crippen LogP contribution in [-0.2, 0) is 7.05 Å². The van der Waals surface area contributed by atoms with Gasteiger partial charge in [-0.15, -0.1) is 10.2 Å².